The van der Waals surface area contributed by atoms with Crippen molar-refractivity contribution in [2.45, 2.75) is 52.9 Å². The fourth-order valence-electron chi connectivity index (χ4n) is 3.48. The van der Waals surface area contributed by atoms with E-state index in [1.54, 1.807) is 34.7 Å². The molecule has 3 atom stereocenters. The summed E-state index contributed by atoms with van der Waals surface area (Å²) in [6, 6.07) is 9.07. The van der Waals surface area contributed by atoms with Gasteiger partial charge < -0.3 is 34.2 Å². The number of amides is 3. The maximum atomic E-state index is 12.5. The second-order valence-corrected chi connectivity index (χ2v) is 13.0. The van der Waals surface area contributed by atoms with Crippen LogP contribution >= 0.6 is 19.6 Å². The molecule has 3 amide bonds. The number of nitrogens with zero attached hydrogens (tertiary/aromatic N) is 2. The van der Waals surface area contributed by atoms with E-state index in [2.05, 4.69) is 5.32 Å². The van der Waals surface area contributed by atoms with Crippen molar-refractivity contribution >= 4 is 43.1 Å². The Labute approximate surface area is 269 Å². The SMILES string of the molecule is CCOC(=O)NCC(C)(C)C(=O)SCCOP(=O)(O)OCC(CC(C)N(C=O)/C=C\C(=O)N(C)COCc1ccccc1)OC. The van der Waals surface area contributed by atoms with Crippen LogP contribution in [0.2, 0.25) is 0 Å². The highest BCUT2D eigenvalue weighted by Gasteiger charge is 2.30. The van der Waals surface area contributed by atoms with E-state index < -0.39 is 31.5 Å². The molecular weight excluding hydrogens is 629 g/mol. The highest BCUT2D eigenvalue weighted by atomic mass is 32.2. The second-order valence-electron chi connectivity index (χ2n) is 10.5. The van der Waals surface area contributed by atoms with Crippen LogP contribution in [0.3, 0.4) is 0 Å². The predicted octanol–water partition coefficient (Wildman–Crippen LogP) is 3.55. The number of nitrogens with one attached hydrogen (secondary N) is 1. The van der Waals surface area contributed by atoms with Crippen molar-refractivity contribution in [2.24, 2.45) is 5.41 Å². The summed E-state index contributed by atoms with van der Waals surface area (Å²) in [7, 11) is -1.51. The number of alkyl carbamates (subject to hydrolysis) is 1. The zero-order valence-electron chi connectivity index (χ0n) is 26.7. The lowest BCUT2D eigenvalue weighted by Crippen LogP contribution is -2.38. The van der Waals surface area contributed by atoms with Crippen LogP contribution in [0.1, 0.15) is 39.7 Å². The van der Waals surface area contributed by atoms with E-state index in [9.17, 15) is 28.6 Å². The Morgan fingerprint density at radius 1 is 1.18 bits per heavy atom. The van der Waals surface area contributed by atoms with Crippen molar-refractivity contribution in [3.8, 4) is 0 Å². The normalized spacial score (nSPS) is 14.3. The van der Waals surface area contributed by atoms with Gasteiger partial charge in [-0.15, -0.1) is 0 Å². The minimum atomic E-state index is -4.47. The van der Waals surface area contributed by atoms with Gasteiger partial charge in [-0.25, -0.2) is 9.36 Å². The largest absolute Gasteiger partial charge is 0.472 e. The molecular formula is C29H46N3O11PS. The number of ether oxygens (including phenoxy) is 3. The van der Waals surface area contributed by atoms with Crippen molar-refractivity contribution in [1.29, 1.82) is 0 Å². The minimum absolute atomic E-state index is 0.0582. The molecule has 0 radical (unpaired) electrons. The molecule has 1 rings (SSSR count). The highest BCUT2D eigenvalue weighted by molar-refractivity contribution is 8.13. The number of carbonyl (C=O) groups is 4. The molecule has 0 saturated carbocycles. The van der Waals surface area contributed by atoms with Crippen LogP contribution in [0, 0.1) is 5.41 Å². The Kier molecular flexibility index (Phi) is 18.9. The monoisotopic (exact) mass is 675 g/mol. The van der Waals surface area contributed by atoms with Crippen LogP contribution in [0.5, 0.6) is 0 Å². The summed E-state index contributed by atoms with van der Waals surface area (Å²) >= 11 is 0.896. The summed E-state index contributed by atoms with van der Waals surface area (Å²) in [5, 5.41) is 2.27. The number of benzene rings is 1. The fourth-order valence-corrected chi connectivity index (χ4v) is 5.17. The number of phosphoric acid groups is 1. The number of methoxy groups -OCH3 is 1. The molecule has 16 heteroatoms. The molecule has 0 aliphatic rings. The minimum Gasteiger partial charge on any atom is -0.450 e. The molecule has 0 spiro atoms. The van der Waals surface area contributed by atoms with Gasteiger partial charge in [-0.3, -0.25) is 23.4 Å². The first kappa shape index (κ1) is 40.2. The van der Waals surface area contributed by atoms with E-state index in [4.69, 9.17) is 23.3 Å². The van der Waals surface area contributed by atoms with Gasteiger partial charge in [0.2, 0.25) is 12.3 Å². The zero-order chi connectivity index (χ0) is 33.9. The Morgan fingerprint density at radius 2 is 1.87 bits per heavy atom. The summed E-state index contributed by atoms with van der Waals surface area (Å²) < 4.78 is 38.1. The first-order valence-electron chi connectivity index (χ1n) is 14.2. The van der Waals surface area contributed by atoms with Crippen molar-refractivity contribution in [3.63, 3.8) is 0 Å². The first-order chi connectivity index (χ1) is 21.2. The van der Waals surface area contributed by atoms with Gasteiger partial charge >= 0.3 is 13.9 Å². The number of likely N-dealkylation sites (N-methyl/N-ethyl adjacent to an activating group) is 1. The lowest BCUT2D eigenvalue weighted by atomic mass is 9.96. The molecule has 0 heterocycles. The van der Waals surface area contributed by atoms with Crippen LogP contribution in [-0.2, 0) is 48.8 Å². The molecule has 0 saturated heterocycles. The number of thioether (sulfide) groups is 1. The molecule has 14 nitrogen and oxygen atoms in total. The van der Waals surface area contributed by atoms with Gasteiger partial charge in [0.15, 0.2) is 5.12 Å². The smallest absolute Gasteiger partial charge is 0.450 e. The molecule has 0 fully saturated rings. The predicted molar refractivity (Wildman–Crippen MR) is 169 cm³/mol. The fraction of sp³-hybridized carbons (Fsp3) is 0.586. The third-order valence-corrected chi connectivity index (χ3v) is 8.40. The summed E-state index contributed by atoms with van der Waals surface area (Å²) in [6.07, 6.45) is 2.04. The molecule has 254 valence electrons. The number of rotatable bonds is 22. The molecule has 3 unspecified atom stereocenters. The highest BCUT2D eigenvalue weighted by Crippen LogP contribution is 2.43. The van der Waals surface area contributed by atoms with Crippen molar-refractivity contribution in [1.82, 2.24) is 15.1 Å². The lowest BCUT2D eigenvalue weighted by Gasteiger charge is -2.26. The van der Waals surface area contributed by atoms with E-state index in [1.165, 1.54) is 29.2 Å². The molecule has 1 aromatic rings. The Balaban J connectivity index is 2.46. The quantitative estimate of drug-likeness (QED) is 0.0603. The van der Waals surface area contributed by atoms with Crippen LogP contribution in [0.4, 0.5) is 4.79 Å². The van der Waals surface area contributed by atoms with Gasteiger partial charge in [0.1, 0.15) is 6.73 Å². The molecule has 0 aromatic heterocycles. The third-order valence-electron chi connectivity index (χ3n) is 6.23. The van der Waals surface area contributed by atoms with E-state index in [0.29, 0.717) is 13.0 Å². The average Bonchev–Trinajstić information content (AvgIpc) is 3.01. The maximum Gasteiger partial charge on any atom is 0.472 e. The van der Waals surface area contributed by atoms with Crippen molar-refractivity contribution in [3.05, 3.63) is 48.2 Å². The molecule has 2 N–H and O–H groups in total. The van der Waals surface area contributed by atoms with Gasteiger partial charge in [0.05, 0.1) is 37.9 Å². The Hall–Kier alpha value is -2.78. The van der Waals surface area contributed by atoms with Crippen molar-refractivity contribution in [2.75, 3.05) is 53.0 Å². The second kappa shape index (κ2) is 21.1. The maximum absolute atomic E-state index is 12.5. The van der Waals surface area contributed by atoms with Crippen LogP contribution in [0.15, 0.2) is 42.6 Å². The van der Waals surface area contributed by atoms with Crippen LogP contribution in [-0.4, -0.2) is 103 Å². The van der Waals surface area contributed by atoms with E-state index >= 15 is 0 Å². The van der Waals surface area contributed by atoms with Crippen LogP contribution in [0.25, 0.3) is 0 Å². The Morgan fingerprint density at radius 3 is 2.49 bits per heavy atom. The number of carbonyl (C=O) groups excluding carboxylic acids is 4. The van der Waals surface area contributed by atoms with E-state index in [0.717, 1.165) is 17.3 Å². The third kappa shape index (κ3) is 16.9. The summed E-state index contributed by atoms with van der Waals surface area (Å²) in [6.45, 7) is 6.81. The lowest BCUT2D eigenvalue weighted by molar-refractivity contribution is -0.130. The summed E-state index contributed by atoms with van der Waals surface area (Å²) in [4.78, 5) is 60.8. The zero-order valence-corrected chi connectivity index (χ0v) is 28.4. The molecule has 0 aliphatic heterocycles. The van der Waals surface area contributed by atoms with Crippen molar-refractivity contribution < 1.29 is 51.9 Å². The number of phosphoric ester groups is 1. The molecule has 0 bridgehead atoms. The van der Waals surface area contributed by atoms with E-state index in [-0.39, 0.29) is 56.3 Å². The topological polar surface area (TPSA) is 170 Å². The van der Waals surface area contributed by atoms with Gasteiger partial charge in [-0.1, -0.05) is 55.9 Å². The van der Waals surface area contributed by atoms with Crippen LogP contribution < -0.4 is 5.32 Å². The molecule has 0 aliphatic carbocycles. The molecule has 1 aromatic carbocycles. The molecule has 45 heavy (non-hydrogen) atoms. The Bertz CT molecular complexity index is 1140. The summed E-state index contributed by atoms with van der Waals surface area (Å²) in [5.74, 6) is -0.294. The van der Waals surface area contributed by atoms with E-state index in [1.807, 2.05) is 30.3 Å². The first-order valence-corrected chi connectivity index (χ1v) is 16.7. The standard InChI is InChI=1S/C29H46N3O11PS/c1-7-41-28(36)30-20-29(3,4)27(35)45-16-15-42-44(37,38)43-19-25(39-6)17-23(2)32(21-33)14-13-26(34)31(5)22-40-18-24-11-9-8-10-12-24/h8-14,21,23,25H,7,15-20,22H2,1-6H3,(H,30,36)(H,37,38)/b14-13-. The number of hydrogen-bond donors (Lipinski definition) is 2. The average molecular weight is 676 g/mol. The van der Waals surface area contributed by atoms with Gasteiger partial charge in [-0.2, -0.15) is 0 Å². The number of hydrogen-bond acceptors (Lipinski definition) is 11. The van der Waals surface area contributed by atoms with Gasteiger partial charge in [-0.05, 0) is 25.8 Å². The van der Waals surface area contributed by atoms with Gasteiger partial charge in [0, 0.05) is 44.8 Å². The summed E-state index contributed by atoms with van der Waals surface area (Å²) in [5.41, 5.74) is 0.0771. The van der Waals surface area contributed by atoms with Gasteiger partial charge in [0.25, 0.3) is 0 Å².